The van der Waals surface area contributed by atoms with E-state index in [4.69, 9.17) is 19.4 Å². The number of para-hydroxylation sites is 1. The monoisotopic (exact) mass is 777 g/mol. The number of nitrogens with zero attached hydrogens (tertiary/aromatic N) is 3. The summed E-state index contributed by atoms with van der Waals surface area (Å²) in [5.74, 6) is 1.81. The van der Waals surface area contributed by atoms with Gasteiger partial charge in [-0.25, -0.2) is 15.0 Å². The van der Waals surface area contributed by atoms with Crippen LogP contribution in [-0.4, -0.2) is 15.0 Å². The lowest BCUT2D eigenvalue weighted by Gasteiger charge is -2.13. The molecule has 0 saturated heterocycles. The molecule has 284 valence electrons. The Hall–Kier alpha value is -8.21. The van der Waals surface area contributed by atoms with E-state index in [0.717, 1.165) is 77.0 Å². The van der Waals surface area contributed by atoms with Crippen molar-refractivity contribution < 1.29 is 4.42 Å². The maximum absolute atomic E-state index is 6.78. The summed E-state index contributed by atoms with van der Waals surface area (Å²) >= 11 is 0. The predicted octanol–water partition coefficient (Wildman–Crippen LogP) is 15.2. The number of furan rings is 1. The minimum absolute atomic E-state index is 0.586. The van der Waals surface area contributed by atoms with E-state index in [0.29, 0.717) is 17.5 Å². The number of rotatable bonds is 6. The van der Waals surface area contributed by atoms with Gasteiger partial charge in [0.2, 0.25) is 0 Å². The summed E-state index contributed by atoms with van der Waals surface area (Å²) < 4.78 is 6.78. The van der Waals surface area contributed by atoms with Gasteiger partial charge in [-0.1, -0.05) is 194 Å². The van der Waals surface area contributed by atoms with E-state index in [9.17, 15) is 0 Å². The van der Waals surface area contributed by atoms with Crippen molar-refractivity contribution in [3.8, 4) is 67.5 Å². The number of hydrogen-bond donors (Lipinski definition) is 0. The van der Waals surface area contributed by atoms with Gasteiger partial charge in [0.1, 0.15) is 11.2 Å². The molecule has 0 aliphatic rings. The van der Waals surface area contributed by atoms with Crippen molar-refractivity contribution in [1.29, 1.82) is 0 Å². The maximum atomic E-state index is 6.78. The Kier molecular flexibility index (Phi) is 8.13. The molecule has 0 fully saturated rings. The quantitative estimate of drug-likeness (QED) is 0.158. The Morgan fingerprint density at radius 3 is 1.62 bits per heavy atom. The molecule has 12 aromatic rings. The first-order chi connectivity index (χ1) is 30.2. The van der Waals surface area contributed by atoms with E-state index in [1.54, 1.807) is 0 Å². The van der Waals surface area contributed by atoms with Crippen LogP contribution in [0.15, 0.2) is 217 Å². The lowest BCUT2D eigenvalue weighted by atomic mass is 9.96. The van der Waals surface area contributed by atoms with Gasteiger partial charge >= 0.3 is 0 Å². The standard InChI is InChI=1S/C57H35N3O/c1-2-12-36(13-3-1)38-26-31-41(32-27-38)55-58-56(60-57(59-55)51-35-44-16-6-7-17-45(44)47-18-8-9-19-48(47)51)50-22-11-23-52-53(50)49-21-10-20-46(54(49)61-52)40-29-24-39(25-30-40)43-33-28-37-14-4-5-15-42(37)34-43/h1-35H. The van der Waals surface area contributed by atoms with Gasteiger partial charge in [-0.2, -0.15) is 0 Å². The summed E-state index contributed by atoms with van der Waals surface area (Å²) in [5, 5.41) is 9.03. The molecule has 61 heavy (non-hydrogen) atoms. The van der Waals surface area contributed by atoms with Crippen molar-refractivity contribution in [3.05, 3.63) is 212 Å². The molecule has 0 radical (unpaired) electrons. The molecule has 0 N–H and O–H groups in total. The number of aromatic nitrogens is 3. The minimum Gasteiger partial charge on any atom is -0.455 e. The molecule has 0 aliphatic carbocycles. The van der Waals surface area contributed by atoms with Crippen molar-refractivity contribution >= 4 is 54.3 Å². The van der Waals surface area contributed by atoms with Crippen molar-refractivity contribution in [2.45, 2.75) is 0 Å². The Morgan fingerprint density at radius 1 is 0.279 bits per heavy atom. The van der Waals surface area contributed by atoms with E-state index in [-0.39, 0.29) is 0 Å². The Morgan fingerprint density at radius 2 is 0.820 bits per heavy atom. The third kappa shape index (κ3) is 6.04. The van der Waals surface area contributed by atoms with Crippen molar-refractivity contribution in [2.75, 3.05) is 0 Å². The van der Waals surface area contributed by atoms with Gasteiger partial charge < -0.3 is 4.42 Å². The third-order valence-electron chi connectivity index (χ3n) is 11.9. The molecule has 4 nitrogen and oxygen atoms in total. The fourth-order valence-corrected chi connectivity index (χ4v) is 8.90. The molecule has 2 heterocycles. The normalized spacial score (nSPS) is 11.6. The second-order valence-electron chi connectivity index (χ2n) is 15.5. The summed E-state index contributed by atoms with van der Waals surface area (Å²) in [5.41, 5.74) is 11.1. The first kappa shape index (κ1) is 34.8. The average Bonchev–Trinajstić information content (AvgIpc) is 3.73. The molecule has 0 atom stereocenters. The Bertz CT molecular complexity index is 3630. The van der Waals surface area contributed by atoms with E-state index in [1.165, 1.54) is 27.3 Å². The van der Waals surface area contributed by atoms with Crippen LogP contribution in [0.2, 0.25) is 0 Å². The molecule has 12 rings (SSSR count). The molecule has 0 bridgehead atoms. The van der Waals surface area contributed by atoms with Crippen LogP contribution in [0.3, 0.4) is 0 Å². The van der Waals surface area contributed by atoms with E-state index >= 15 is 0 Å². The fraction of sp³-hybridized carbons (Fsp3) is 0. The summed E-state index contributed by atoms with van der Waals surface area (Å²) in [6.07, 6.45) is 0. The van der Waals surface area contributed by atoms with E-state index in [2.05, 4.69) is 194 Å². The van der Waals surface area contributed by atoms with Gasteiger partial charge in [0.05, 0.1) is 0 Å². The number of hydrogen-bond acceptors (Lipinski definition) is 4. The van der Waals surface area contributed by atoms with Crippen LogP contribution in [0.1, 0.15) is 0 Å². The highest BCUT2D eigenvalue weighted by molar-refractivity contribution is 6.16. The number of benzene rings is 10. The second-order valence-corrected chi connectivity index (χ2v) is 15.5. The highest BCUT2D eigenvalue weighted by Crippen LogP contribution is 2.42. The molecule has 0 amide bonds. The van der Waals surface area contributed by atoms with E-state index in [1.807, 2.05) is 18.2 Å². The summed E-state index contributed by atoms with van der Waals surface area (Å²) in [6, 6.07) is 74.6. The summed E-state index contributed by atoms with van der Waals surface area (Å²) in [4.78, 5) is 15.8. The molecule has 0 saturated carbocycles. The van der Waals surface area contributed by atoms with Gasteiger partial charge in [0, 0.05) is 33.0 Å². The maximum Gasteiger partial charge on any atom is 0.164 e. The van der Waals surface area contributed by atoms with Crippen molar-refractivity contribution in [1.82, 2.24) is 15.0 Å². The van der Waals surface area contributed by atoms with Gasteiger partial charge in [-0.3, -0.25) is 0 Å². The predicted molar refractivity (Wildman–Crippen MR) is 252 cm³/mol. The van der Waals surface area contributed by atoms with Crippen LogP contribution in [-0.2, 0) is 0 Å². The fourth-order valence-electron chi connectivity index (χ4n) is 8.90. The molecule has 2 aromatic heterocycles. The third-order valence-corrected chi connectivity index (χ3v) is 11.9. The lowest BCUT2D eigenvalue weighted by Crippen LogP contribution is -2.01. The molecular formula is C57H35N3O. The smallest absolute Gasteiger partial charge is 0.164 e. The topological polar surface area (TPSA) is 51.8 Å². The van der Waals surface area contributed by atoms with Gasteiger partial charge in [-0.05, 0) is 78.3 Å². The highest BCUT2D eigenvalue weighted by atomic mass is 16.3. The average molecular weight is 778 g/mol. The minimum atomic E-state index is 0.586. The van der Waals surface area contributed by atoms with Crippen LogP contribution in [0.25, 0.3) is 122 Å². The molecule has 10 aromatic carbocycles. The largest absolute Gasteiger partial charge is 0.455 e. The molecule has 4 heteroatoms. The second kappa shape index (κ2) is 14.3. The van der Waals surface area contributed by atoms with Gasteiger partial charge in [0.15, 0.2) is 17.5 Å². The Labute approximate surface area is 352 Å². The van der Waals surface area contributed by atoms with Crippen LogP contribution in [0.5, 0.6) is 0 Å². The van der Waals surface area contributed by atoms with Gasteiger partial charge in [-0.15, -0.1) is 0 Å². The molecule has 0 aliphatic heterocycles. The van der Waals surface area contributed by atoms with Crippen LogP contribution < -0.4 is 0 Å². The summed E-state index contributed by atoms with van der Waals surface area (Å²) in [7, 11) is 0. The highest BCUT2D eigenvalue weighted by Gasteiger charge is 2.21. The van der Waals surface area contributed by atoms with Crippen LogP contribution >= 0.6 is 0 Å². The first-order valence-electron chi connectivity index (χ1n) is 20.6. The summed E-state index contributed by atoms with van der Waals surface area (Å²) in [6.45, 7) is 0. The first-order valence-corrected chi connectivity index (χ1v) is 20.6. The zero-order chi connectivity index (χ0) is 40.3. The number of fused-ring (bicyclic) bond motifs is 7. The van der Waals surface area contributed by atoms with Crippen LogP contribution in [0, 0.1) is 0 Å². The lowest BCUT2D eigenvalue weighted by molar-refractivity contribution is 0.670. The van der Waals surface area contributed by atoms with Crippen molar-refractivity contribution in [3.63, 3.8) is 0 Å². The molecule has 0 unspecified atom stereocenters. The van der Waals surface area contributed by atoms with E-state index < -0.39 is 0 Å². The zero-order valence-corrected chi connectivity index (χ0v) is 33.0. The SMILES string of the molecule is c1ccc(-c2ccc(-c3nc(-c4cc5ccccc5c5ccccc45)nc(-c4cccc5oc6c(-c7ccc(-c8ccc9ccccc9c8)cc7)cccc6c45)n3)cc2)cc1. The molecular weight excluding hydrogens is 743 g/mol. The molecule has 0 spiro atoms. The Balaban J connectivity index is 1.02. The van der Waals surface area contributed by atoms with Gasteiger partial charge in [0.25, 0.3) is 0 Å². The zero-order valence-electron chi connectivity index (χ0n) is 33.0. The van der Waals surface area contributed by atoms with Crippen LogP contribution in [0.4, 0.5) is 0 Å². The van der Waals surface area contributed by atoms with Crippen molar-refractivity contribution in [2.24, 2.45) is 0 Å².